The van der Waals surface area contributed by atoms with Crippen LogP contribution in [-0.2, 0) is 0 Å². The zero-order chi connectivity index (χ0) is 12.2. The van der Waals surface area contributed by atoms with Crippen LogP contribution in [0.15, 0.2) is 30.4 Å². The summed E-state index contributed by atoms with van der Waals surface area (Å²) in [5, 5.41) is 0. The molecule has 6 heteroatoms. The molecule has 0 N–H and O–H groups in total. The average molecular weight is 268 g/mol. The fourth-order valence-corrected chi connectivity index (χ4v) is 1.29. The van der Waals surface area contributed by atoms with E-state index in [0.29, 0.717) is 5.56 Å². The molecule has 0 bridgehead atoms. The van der Waals surface area contributed by atoms with Gasteiger partial charge < -0.3 is 17.7 Å². The number of hydrogen-bond acceptors (Lipinski definition) is 1. The second kappa shape index (κ2) is 7.63. The third kappa shape index (κ3) is 5.61. The van der Waals surface area contributed by atoms with E-state index >= 15 is 0 Å². The number of rotatable bonds is 4. The molecule has 0 unspecified atom stereocenters. The van der Waals surface area contributed by atoms with E-state index in [9.17, 15) is 12.9 Å². The van der Waals surface area contributed by atoms with Crippen LogP contribution >= 0.6 is 0 Å². The summed E-state index contributed by atoms with van der Waals surface area (Å²) >= 11 is 0. The molecule has 0 saturated carbocycles. The van der Waals surface area contributed by atoms with Crippen LogP contribution in [0.1, 0.15) is 12.5 Å². The predicted molar refractivity (Wildman–Crippen MR) is 60.2 cm³/mol. The Morgan fingerprint density at radius 3 is 2.47 bits per heavy atom. The van der Waals surface area contributed by atoms with Crippen LogP contribution in [0.3, 0.4) is 0 Å². The van der Waals surface area contributed by atoms with Gasteiger partial charge in [-0.3, -0.25) is 0 Å². The van der Waals surface area contributed by atoms with Crippen molar-refractivity contribution in [1.82, 2.24) is 0 Å². The van der Waals surface area contributed by atoms with Gasteiger partial charge in [0, 0.05) is 0 Å². The molecular weight excluding hydrogens is 255 g/mol. The third-order valence-corrected chi connectivity index (χ3v) is 2.09. The van der Waals surface area contributed by atoms with Gasteiger partial charge in [-0.2, -0.15) is 0 Å². The summed E-state index contributed by atoms with van der Waals surface area (Å²) in [6.07, 6.45) is 3.39. The Kier molecular flexibility index (Phi) is 7.75. The fraction of sp³-hybridized carbons (Fsp3) is 0.273. The van der Waals surface area contributed by atoms with Gasteiger partial charge in [0.25, 0.3) is 0 Å². The number of aryl methyl sites for hydroxylation is 1. The van der Waals surface area contributed by atoms with Crippen molar-refractivity contribution in [3.05, 3.63) is 35.9 Å². The summed E-state index contributed by atoms with van der Waals surface area (Å²) < 4.78 is 43.2. The zero-order valence-electron chi connectivity index (χ0n) is 10.2. The van der Waals surface area contributed by atoms with E-state index in [0.717, 1.165) is 6.07 Å². The maximum atomic E-state index is 12.7. The predicted octanol–water partition coefficient (Wildman–Crippen LogP) is 0.00832. The molecule has 0 spiro atoms. The molecule has 0 aliphatic rings. The van der Waals surface area contributed by atoms with E-state index < -0.39 is 12.4 Å². The molecule has 0 aliphatic heterocycles. The summed E-state index contributed by atoms with van der Waals surface area (Å²) in [7, 11) is 0. The Labute approximate surface area is 142 Å². The van der Waals surface area contributed by atoms with E-state index in [1.165, 1.54) is 6.07 Å². The molecule has 0 aromatic heterocycles. The minimum absolute atomic E-state index is 0. The number of benzene rings is 1. The Bertz CT molecular complexity index is 391. The van der Waals surface area contributed by atoms with E-state index in [-0.39, 0.29) is 63.7 Å². The van der Waals surface area contributed by atoms with Gasteiger partial charge in [-0.25, -0.2) is 0 Å². The smallest absolute Gasteiger partial charge is 0.493 e. The standard InChI is InChI=1S/C11H13BF3O.K/c1-3-4-7-16-11-6-5-9(2)8-10(11)12(13,14)15;/h3-6,8H,7H2,1-2H3;/q-1;+1/b4-3+;. The first-order valence-electron chi connectivity index (χ1n) is 4.99. The molecule has 1 rings (SSSR count). The Hall–Kier alpha value is 0.251. The van der Waals surface area contributed by atoms with Crippen LogP contribution in [0.5, 0.6) is 5.75 Å². The molecule has 0 radical (unpaired) electrons. The van der Waals surface area contributed by atoms with E-state index in [1.54, 1.807) is 32.1 Å². The molecule has 0 heterocycles. The van der Waals surface area contributed by atoms with Crippen molar-refractivity contribution in [3.8, 4) is 5.75 Å². The Morgan fingerprint density at radius 1 is 1.29 bits per heavy atom. The van der Waals surface area contributed by atoms with Crippen molar-refractivity contribution >= 4 is 12.4 Å². The van der Waals surface area contributed by atoms with Crippen molar-refractivity contribution < 1.29 is 69.1 Å². The second-order valence-corrected chi connectivity index (χ2v) is 3.50. The molecule has 0 aliphatic carbocycles. The first-order valence-corrected chi connectivity index (χ1v) is 4.99. The molecule has 0 saturated heterocycles. The first kappa shape index (κ1) is 17.3. The van der Waals surface area contributed by atoms with Gasteiger partial charge in [0.05, 0.1) is 5.75 Å². The molecule has 0 fully saturated rings. The molecule has 88 valence electrons. The fourth-order valence-electron chi connectivity index (χ4n) is 1.29. The average Bonchev–Trinajstić information content (AvgIpc) is 2.19. The number of hydrogen-bond donors (Lipinski definition) is 0. The summed E-state index contributed by atoms with van der Waals surface area (Å²) in [6, 6.07) is 4.09. The first-order chi connectivity index (χ1) is 7.45. The quantitative estimate of drug-likeness (QED) is 0.552. The molecule has 0 atom stereocenters. The van der Waals surface area contributed by atoms with Crippen LogP contribution in [0.25, 0.3) is 0 Å². The summed E-state index contributed by atoms with van der Waals surface area (Å²) in [4.78, 5) is 0. The van der Waals surface area contributed by atoms with Crippen molar-refractivity contribution in [1.29, 1.82) is 0 Å². The maximum absolute atomic E-state index is 12.7. The van der Waals surface area contributed by atoms with Crippen LogP contribution in [0.4, 0.5) is 12.9 Å². The van der Waals surface area contributed by atoms with Crippen molar-refractivity contribution in [2.24, 2.45) is 0 Å². The molecule has 17 heavy (non-hydrogen) atoms. The summed E-state index contributed by atoms with van der Waals surface area (Å²) in [5.74, 6) is -0.101. The van der Waals surface area contributed by atoms with Gasteiger partial charge in [-0.15, -0.1) is 0 Å². The SMILES string of the molecule is C/C=C/COc1ccc(C)cc1[B-](F)(F)F.[K+]. The van der Waals surface area contributed by atoms with Crippen LogP contribution < -0.4 is 61.6 Å². The van der Waals surface area contributed by atoms with Crippen molar-refractivity contribution in [3.63, 3.8) is 0 Å². The van der Waals surface area contributed by atoms with E-state index in [4.69, 9.17) is 4.74 Å². The minimum atomic E-state index is -5.03. The monoisotopic (exact) mass is 268 g/mol. The topological polar surface area (TPSA) is 9.23 Å². The number of halogens is 3. The van der Waals surface area contributed by atoms with E-state index in [2.05, 4.69) is 0 Å². The van der Waals surface area contributed by atoms with Crippen LogP contribution in [0.2, 0.25) is 0 Å². The van der Waals surface area contributed by atoms with Gasteiger partial charge in [-0.05, 0) is 19.9 Å². The molecule has 0 amide bonds. The summed E-state index contributed by atoms with van der Waals surface area (Å²) in [5.41, 5.74) is -0.0860. The van der Waals surface area contributed by atoms with Crippen LogP contribution in [-0.4, -0.2) is 13.6 Å². The van der Waals surface area contributed by atoms with Gasteiger partial charge in [0.1, 0.15) is 6.61 Å². The normalized spacial score (nSPS) is 11.4. The van der Waals surface area contributed by atoms with Crippen molar-refractivity contribution in [2.45, 2.75) is 13.8 Å². The molecule has 1 nitrogen and oxygen atoms in total. The van der Waals surface area contributed by atoms with Gasteiger partial charge in [-0.1, -0.05) is 35.3 Å². The van der Waals surface area contributed by atoms with Crippen LogP contribution in [0, 0.1) is 6.92 Å². The van der Waals surface area contributed by atoms with Crippen molar-refractivity contribution in [2.75, 3.05) is 6.61 Å². The number of ether oxygens (including phenoxy) is 1. The van der Waals surface area contributed by atoms with Gasteiger partial charge in [0.15, 0.2) is 0 Å². The third-order valence-electron chi connectivity index (χ3n) is 2.09. The minimum Gasteiger partial charge on any atom is -0.493 e. The molecule has 1 aromatic rings. The van der Waals surface area contributed by atoms with Gasteiger partial charge >= 0.3 is 58.4 Å². The second-order valence-electron chi connectivity index (χ2n) is 3.50. The molecular formula is C11H13BF3KO. The van der Waals surface area contributed by atoms with Gasteiger partial charge in [0.2, 0.25) is 0 Å². The maximum Gasteiger partial charge on any atom is 1.00 e. The largest absolute Gasteiger partial charge is 1.00 e. The summed E-state index contributed by atoms with van der Waals surface area (Å²) in [6.45, 7) is -1.46. The Balaban J connectivity index is 0.00000256. The number of allylic oxidation sites excluding steroid dienone is 1. The van der Waals surface area contributed by atoms with E-state index in [1.807, 2.05) is 0 Å². The Morgan fingerprint density at radius 2 is 1.94 bits per heavy atom. The molecule has 1 aromatic carbocycles. The zero-order valence-corrected chi connectivity index (χ0v) is 13.3.